The van der Waals surface area contributed by atoms with Crippen LogP contribution in [0.15, 0.2) is 69.9 Å². The number of allylic oxidation sites excluding steroid dienone is 1. The summed E-state index contributed by atoms with van der Waals surface area (Å²) in [6.07, 6.45) is 0. The van der Waals surface area contributed by atoms with E-state index in [4.69, 9.17) is 4.74 Å². The van der Waals surface area contributed by atoms with Crippen LogP contribution in [-0.4, -0.2) is 29.0 Å². The number of hydrogen-bond acceptors (Lipinski definition) is 6. The molecule has 7 heteroatoms. The molecule has 0 atom stereocenters. The van der Waals surface area contributed by atoms with E-state index in [1.165, 1.54) is 21.9 Å². The molecule has 0 bridgehead atoms. The first-order valence-corrected chi connectivity index (χ1v) is 11.2. The third kappa shape index (κ3) is 4.06. The van der Waals surface area contributed by atoms with Crippen molar-refractivity contribution in [2.24, 2.45) is 5.10 Å². The van der Waals surface area contributed by atoms with Crippen molar-refractivity contribution < 1.29 is 9.53 Å². The number of amides is 1. The summed E-state index contributed by atoms with van der Waals surface area (Å²) < 4.78 is 6.69. The van der Waals surface area contributed by atoms with Gasteiger partial charge in [-0.2, -0.15) is 10.1 Å². The lowest BCUT2D eigenvalue weighted by Gasteiger charge is -2.09. The zero-order valence-corrected chi connectivity index (χ0v) is 18.1. The molecule has 1 amide bonds. The molecule has 0 spiro atoms. The molecule has 0 aliphatic carbocycles. The van der Waals surface area contributed by atoms with Gasteiger partial charge in [-0.05, 0) is 45.0 Å². The van der Waals surface area contributed by atoms with E-state index in [9.17, 15) is 4.79 Å². The molecule has 4 rings (SSSR count). The molecular weight excluding hydrogens is 402 g/mol. The second-order valence-corrected chi connectivity index (χ2v) is 8.65. The largest absolute Gasteiger partial charge is 0.498 e. The number of thiazole rings is 1. The van der Waals surface area contributed by atoms with Gasteiger partial charge in [-0.3, -0.25) is 4.79 Å². The summed E-state index contributed by atoms with van der Waals surface area (Å²) in [5.41, 5.74) is 3.33. The molecule has 2 heterocycles. The van der Waals surface area contributed by atoms with Crippen LogP contribution in [0.1, 0.15) is 19.4 Å². The summed E-state index contributed by atoms with van der Waals surface area (Å²) in [7, 11) is 0. The van der Waals surface area contributed by atoms with Gasteiger partial charge < -0.3 is 4.74 Å². The van der Waals surface area contributed by atoms with Crippen LogP contribution in [0.5, 0.6) is 0 Å². The minimum atomic E-state index is -0.186. The molecule has 2 aromatic carbocycles. The summed E-state index contributed by atoms with van der Waals surface area (Å²) in [5, 5.41) is 6.63. The average Bonchev–Trinajstić information content (AvgIpc) is 3.28. The first kappa shape index (κ1) is 19.7. The molecule has 3 aromatic rings. The lowest BCUT2D eigenvalue weighted by molar-refractivity contribution is -0.114. The number of aromatic nitrogens is 1. The number of fused-ring (bicyclic) bond motifs is 1. The van der Waals surface area contributed by atoms with E-state index in [2.05, 4.69) is 41.3 Å². The Morgan fingerprint density at radius 1 is 1.17 bits per heavy atom. The number of carbonyl (C=O) groups excluding carboxylic acids is 1. The van der Waals surface area contributed by atoms with E-state index < -0.39 is 0 Å². The Hall–Kier alpha value is -2.64. The minimum Gasteiger partial charge on any atom is -0.498 e. The van der Waals surface area contributed by atoms with Crippen molar-refractivity contribution in [1.82, 2.24) is 4.98 Å². The van der Waals surface area contributed by atoms with E-state index in [-0.39, 0.29) is 5.91 Å². The van der Waals surface area contributed by atoms with E-state index in [0.29, 0.717) is 34.5 Å². The number of hydrazone groups is 1. The van der Waals surface area contributed by atoms with Gasteiger partial charge in [0.05, 0.1) is 22.5 Å². The Bertz CT molecular complexity index is 1080. The predicted molar refractivity (Wildman–Crippen MR) is 121 cm³/mol. The van der Waals surface area contributed by atoms with E-state index in [1.807, 2.05) is 38.1 Å². The average molecular weight is 424 g/mol. The Balaban J connectivity index is 1.66. The van der Waals surface area contributed by atoms with Gasteiger partial charge in [-0.25, -0.2) is 4.98 Å². The maximum Gasteiger partial charge on any atom is 0.286 e. The summed E-state index contributed by atoms with van der Waals surface area (Å²) in [6, 6.07) is 16.2. The molecule has 1 aliphatic rings. The number of para-hydroxylation sites is 1. The highest BCUT2D eigenvalue weighted by molar-refractivity contribution is 8.00. The van der Waals surface area contributed by atoms with Crippen LogP contribution in [0, 0.1) is 6.92 Å². The number of anilines is 1. The molecule has 0 saturated heterocycles. The number of carbonyl (C=O) groups is 1. The summed E-state index contributed by atoms with van der Waals surface area (Å²) in [5.74, 6) is 0.995. The predicted octanol–water partition coefficient (Wildman–Crippen LogP) is 5.41. The number of rotatable bonds is 6. The quantitative estimate of drug-likeness (QED) is 0.302. The Labute approximate surface area is 178 Å². The highest BCUT2D eigenvalue weighted by Crippen LogP contribution is 2.34. The first-order chi connectivity index (χ1) is 14.1. The van der Waals surface area contributed by atoms with Crippen molar-refractivity contribution in [3.05, 3.63) is 65.4 Å². The molecule has 29 heavy (non-hydrogen) atoms. The summed E-state index contributed by atoms with van der Waals surface area (Å²) in [6.45, 7) is 6.30. The lowest BCUT2D eigenvalue weighted by Crippen LogP contribution is -2.22. The second-order valence-electron chi connectivity index (χ2n) is 6.59. The number of ether oxygens (including phenoxy) is 1. The van der Waals surface area contributed by atoms with E-state index >= 15 is 0 Å². The van der Waals surface area contributed by atoms with Gasteiger partial charge >= 0.3 is 0 Å². The molecule has 0 radical (unpaired) electrons. The fraction of sp³-hybridized carbons (Fsp3) is 0.227. The monoisotopic (exact) mass is 423 g/mol. The van der Waals surface area contributed by atoms with Crippen LogP contribution >= 0.6 is 23.1 Å². The zero-order valence-electron chi connectivity index (χ0n) is 16.5. The normalized spacial score (nSPS) is 15.8. The van der Waals surface area contributed by atoms with Gasteiger partial charge in [0, 0.05) is 10.6 Å². The minimum absolute atomic E-state index is 0.186. The molecule has 0 unspecified atom stereocenters. The number of benzene rings is 2. The van der Waals surface area contributed by atoms with Gasteiger partial charge in [-0.15, -0.1) is 11.8 Å². The second kappa shape index (κ2) is 8.39. The van der Waals surface area contributed by atoms with Crippen LogP contribution < -0.4 is 5.01 Å². The number of nitrogens with zero attached hydrogens (tertiary/aromatic N) is 3. The van der Waals surface area contributed by atoms with Gasteiger partial charge in [0.1, 0.15) is 11.3 Å². The maximum absolute atomic E-state index is 13.2. The Morgan fingerprint density at radius 3 is 2.66 bits per heavy atom. The van der Waals surface area contributed by atoms with Crippen LogP contribution in [-0.2, 0) is 9.53 Å². The van der Waals surface area contributed by atoms with Crippen LogP contribution in [0.4, 0.5) is 5.13 Å². The highest BCUT2D eigenvalue weighted by Gasteiger charge is 2.35. The zero-order chi connectivity index (χ0) is 20.4. The Kier molecular flexibility index (Phi) is 5.69. The first-order valence-electron chi connectivity index (χ1n) is 9.38. The van der Waals surface area contributed by atoms with Crippen LogP contribution in [0.2, 0.25) is 0 Å². The van der Waals surface area contributed by atoms with E-state index in [0.717, 1.165) is 15.1 Å². The van der Waals surface area contributed by atoms with Crippen LogP contribution in [0.25, 0.3) is 10.2 Å². The van der Waals surface area contributed by atoms with Crippen molar-refractivity contribution in [2.75, 3.05) is 17.4 Å². The third-order valence-corrected chi connectivity index (χ3v) is 6.52. The molecule has 1 aliphatic heterocycles. The lowest BCUT2D eigenvalue weighted by atomic mass is 10.1. The van der Waals surface area contributed by atoms with Crippen molar-refractivity contribution in [2.45, 2.75) is 25.7 Å². The molecule has 5 nitrogen and oxygen atoms in total. The van der Waals surface area contributed by atoms with Crippen molar-refractivity contribution in [1.29, 1.82) is 0 Å². The smallest absolute Gasteiger partial charge is 0.286 e. The molecule has 0 fully saturated rings. The third-order valence-electron chi connectivity index (χ3n) is 4.49. The molecular formula is C22H21N3O2S2. The van der Waals surface area contributed by atoms with Gasteiger partial charge in [0.15, 0.2) is 0 Å². The molecule has 1 aromatic heterocycles. The summed E-state index contributed by atoms with van der Waals surface area (Å²) in [4.78, 5) is 18.9. The highest BCUT2D eigenvalue weighted by atomic mass is 32.2. The molecule has 148 valence electrons. The number of hydrogen-bond donors (Lipinski definition) is 0. The van der Waals surface area contributed by atoms with Gasteiger partial charge in [0.25, 0.3) is 5.91 Å². The van der Waals surface area contributed by atoms with Crippen LogP contribution in [0.3, 0.4) is 0 Å². The fourth-order valence-corrected chi connectivity index (χ4v) is 4.81. The SMILES string of the molecule is CCOC(C)=C1C(=O)N(c2nc3ccccc3s2)N=C1CSc1ccc(C)cc1. The number of thioether (sulfide) groups is 1. The van der Waals surface area contributed by atoms with E-state index in [1.54, 1.807) is 11.8 Å². The molecule has 0 saturated carbocycles. The van der Waals surface area contributed by atoms with Crippen molar-refractivity contribution in [3.8, 4) is 0 Å². The van der Waals surface area contributed by atoms with Gasteiger partial charge in [0.2, 0.25) is 5.13 Å². The maximum atomic E-state index is 13.2. The standard InChI is InChI=1S/C22H21N3O2S2/c1-4-27-15(3)20-18(13-28-16-11-9-14(2)10-12-16)24-25(21(20)26)22-23-17-7-5-6-8-19(17)29-22/h5-12H,4,13H2,1-3H3. The number of aryl methyl sites for hydroxylation is 1. The van der Waals surface area contributed by atoms with Crippen molar-refractivity contribution in [3.63, 3.8) is 0 Å². The topological polar surface area (TPSA) is 54.8 Å². The van der Waals surface area contributed by atoms with Crippen molar-refractivity contribution >= 4 is 50.1 Å². The summed E-state index contributed by atoms with van der Waals surface area (Å²) >= 11 is 3.11. The fourth-order valence-electron chi connectivity index (χ4n) is 3.06. The van der Waals surface area contributed by atoms with Gasteiger partial charge in [-0.1, -0.05) is 41.2 Å². The Morgan fingerprint density at radius 2 is 1.93 bits per heavy atom. The molecule has 0 N–H and O–H groups in total.